The highest BCUT2D eigenvalue weighted by molar-refractivity contribution is 6.18. The van der Waals surface area contributed by atoms with Crippen LogP contribution >= 0.6 is 0 Å². The molecular formula is C35H27FN2O4. The largest absolute Gasteiger partial charge is 0.497 e. The maximum Gasteiger partial charge on any atom is 0.238 e. The minimum absolute atomic E-state index is 0.232. The quantitative estimate of drug-likeness (QED) is 0.301. The number of nitrogens with zero attached hydrogens (tertiary/aromatic N) is 1. The average molecular weight is 559 g/mol. The fourth-order valence-electron chi connectivity index (χ4n) is 7.13. The van der Waals surface area contributed by atoms with E-state index in [9.17, 15) is 18.8 Å². The third kappa shape index (κ3) is 3.52. The fourth-order valence-corrected chi connectivity index (χ4v) is 7.13. The molecule has 0 aromatic heterocycles. The van der Waals surface area contributed by atoms with Crippen LogP contribution in [0.3, 0.4) is 0 Å². The van der Waals surface area contributed by atoms with Gasteiger partial charge in [0.2, 0.25) is 5.91 Å². The van der Waals surface area contributed by atoms with E-state index in [1.54, 1.807) is 24.3 Å². The lowest BCUT2D eigenvalue weighted by molar-refractivity contribution is -0.121. The number of ether oxygens (including phenoxy) is 1. The number of hydrogen-bond acceptors (Lipinski definition) is 5. The summed E-state index contributed by atoms with van der Waals surface area (Å²) < 4.78 is 19.4. The molecule has 4 aromatic carbocycles. The summed E-state index contributed by atoms with van der Waals surface area (Å²) in [7, 11) is 1.53. The number of benzene rings is 4. The van der Waals surface area contributed by atoms with Gasteiger partial charge in [-0.2, -0.15) is 0 Å². The first-order valence-corrected chi connectivity index (χ1v) is 13.8. The minimum atomic E-state index is -1.43. The van der Waals surface area contributed by atoms with Gasteiger partial charge in [-0.25, -0.2) is 4.39 Å². The van der Waals surface area contributed by atoms with Crippen molar-refractivity contribution < 1.29 is 23.5 Å². The minimum Gasteiger partial charge on any atom is -0.497 e. The van der Waals surface area contributed by atoms with Gasteiger partial charge in [-0.3, -0.25) is 14.4 Å². The van der Waals surface area contributed by atoms with E-state index in [1.807, 2.05) is 66.4 Å². The Bertz CT molecular complexity index is 1810. The Morgan fingerprint density at radius 3 is 2.40 bits per heavy atom. The zero-order valence-corrected chi connectivity index (χ0v) is 23.0. The molecule has 1 spiro atoms. The molecule has 3 aliphatic heterocycles. The highest BCUT2D eigenvalue weighted by Gasteiger charge is 2.70. The first-order chi connectivity index (χ1) is 20.4. The molecule has 0 unspecified atom stereocenters. The second kappa shape index (κ2) is 9.52. The molecule has 4 atom stereocenters. The number of allylic oxidation sites excluding steroid dienone is 1. The van der Waals surface area contributed by atoms with E-state index in [4.69, 9.17) is 4.74 Å². The molecule has 7 heteroatoms. The van der Waals surface area contributed by atoms with E-state index < -0.39 is 35.0 Å². The van der Waals surface area contributed by atoms with Crippen LogP contribution in [0, 0.1) is 11.7 Å². The fraction of sp³-hybridized carbons (Fsp3) is 0.171. The number of carbonyl (C=O) groups excluding carboxylic acids is 3. The number of para-hydroxylation sites is 2. The lowest BCUT2D eigenvalue weighted by atomic mass is 9.64. The van der Waals surface area contributed by atoms with Crippen LogP contribution in [0.1, 0.15) is 38.8 Å². The molecule has 1 fully saturated rings. The summed E-state index contributed by atoms with van der Waals surface area (Å²) >= 11 is 0. The van der Waals surface area contributed by atoms with Crippen LogP contribution in [0.5, 0.6) is 5.75 Å². The average Bonchev–Trinajstić information content (AvgIpc) is 3.49. The van der Waals surface area contributed by atoms with Crippen LogP contribution in [0.15, 0.2) is 103 Å². The van der Waals surface area contributed by atoms with Gasteiger partial charge in [0.1, 0.15) is 23.0 Å². The van der Waals surface area contributed by atoms with Crippen LogP contribution in [0.25, 0.3) is 5.57 Å². The molecule has 7 rings (SSSR count). The first-order valence-electron chi connectivity index (χ1n) is 13.8. The third-order valence-corrected chi connectivity index (χ3v) is 8.92. The Labute approximate surface area is 242 Å². The van der Waals surface area contributed by atoms with Crippen molar-refractivity contribution in [3.63, 3.8) is 0 Å². The van der Waals surface area contributed by atoms with Crippen molar-refractivity contribution >= 4 is 34.4 Å². The Kier molecular flexibility index (Phi) is 5.87. The van der Waals surface area contributed by atoms with Crippen molar-refractivity contribution in [3.8, 4) is 5.75 Å². The standard InChI is InChI=1S/C35H27FN2O4/c1-20-18-29-35(26-11-4-5-12-27(26)37-34(35)41)30(32(39)21-14-16-23(36)17-15-21)31(38(29)28-13-6-3-10-25(20)28)33(40)22-8-7-9-24(19-22)42-2/h3-19,29-31H,1-2H3,(H,37,41)/t29-,30-,31+,35+/m1/s1. The number of hydrogen-bond donors (Lipinski definition) is 1. The molecule has 3 aliphatic rings. The van der Waals surface area contributed by atoms with Gasteiger partial charge in [0.05, 0.1) is 19.1 Å². The van der Waals surface area contributed by atoms with Gasteiger partial charge in [-0.1, -0.05) is 54.6 Å². The summed E-state index contributed by atoms with van der Waals surface area (Å²) in [5.41, 5.74) is 3.08. The van der Waals surface area contributed by atoms with Crippen LogP contribution in [0.2, 0.25) is 0 Å². The second-order valence-electron chi connectivity index (χ2n) is 11.0. The van der Waals surface area contributed by atoms with Crippen LogP contribution in [-0.4, -0.2) is 36.7 Å². The molecule has 4 aromatic rings. The normalized spacial score (nSPS) is 23.5. The molecule has 1 N–H and O–H groups in total. The maximum absolute atomic E-state index is 14.8. The topological polar surface area (TPSA) is 75.7 Å². The number of fused-ring (bicyclic) bond motifs is 6. The predicted octanol–water partition coefficient (Wildman–Crippen LogP) is 6.08. The molecule has 0 bridgehead atoms. The molecular weight excluding hydrogens is 531 g/mol. The van der Waals surface area contributed by atoms with Gasteiger partial charge in [0.15, 0.2) is 11.6 Å². The van der Waals surface area contributed by atoms with Gasteiger partial charge in [-0.15, -0.1) is 0 Å². The number of Topliss-reactive ketones (excluding diaryl/α,β-unsaturated/α-hetero) is 2. The lowest BCUT2D eigenvalue weighted by Gasteiger charge is -2.39. The zero-order valence-electron chi connectivity index (χ0n) is 23.0. The van der Waals surface area contributed by atoms with E-state index in [2.05, 4.69) is 5.32 Å². The first kappa shape index (κ1) is 25.9. The summed E-state index contributed by atoms with van der Waals surface area (Å²) in [6.45, 7) is 1.98. The third-order valence-electron chi connectivity index (χ3n) is 8.92. The summed E-state index contributed by atoms with van der Waals surface area (Å²) in [4.78, 5) is 45.9. The number of halogens is 1. The SMILES string of the molecule is COc1cccc(C(=O)[C@@H]2[C@H](C(=O)c3ccc(F)cc3)[C@@]3(C(=O)Nc4ccccc43)[C@H]3C=C(C)c4ccccc4N23)c1. The molecule has 1 saturated heterocycles. The zero-order chi connectivity index (χ0) is 29.2. The molecule has 6 nitrogen and oxygen atoms in total. The van der Waals surface area contributed by atoms with Gasteiger partial charge in [0, 0.05) is 28.1 Å². The molecule has 208 valence electrons. The summed E-state index contributed by atoms with van der Waals surface area (Å²) in [5.74, 6) is -2.16. The van der Waals surface area contributed by atoms with Crippen LogP contribution in [0.4, 0.5) is 15.8 Å². The number of nitrogens with one attached hydrogen (secondary N) is 1. The van der Waals surface area contributed by atoms with Gasteiger partial charge in [0.25, 0.3) is 0 Å². The number of rotatable bonds is 5. The van der Waals surface area contributed by atoms with Crippen LogP contribution < -0.4 is 15.0 Å². The highest BCUT2D eigenvalue weighted by Crippen LogP contribution is 2.58. The van der Waals surface area contributed by atoms with E-state index >= 15 is 0 Å². The van der Waals surface area contributed by atoms with E-state index in [1.165, 1.54) is 31.4 Å². The number of amides is 1. The van der Waals surface area contributed by atoms with Crippen molar-refractivity contribution in [2.45, 2.75) is 24.4 Å². The number of methoxy groups -OCH3 is 1. The van der Waals surface area contributed by atoms with Crippen molar-refractivity contribution in [2.75, 3.05) is 17.3 Å². The molecule has 0 radical (unpaired) electrons. The van der Waals surface area contributed by atoms with Gasteiger partial charge < -0.3 is 15.0 Å². The van der Waals surface area contributed by atoms with Crippen molar-refractivity contribution in [2.24, 2.45) is 5.92 Å². The molecule has 1 amide bonds. The predicted molar refractivity (Wildman–Crippen MR) is 158 cm³/mol. The summed E-state index contributed by atoms with van der Waals surface area (Å²) in [5, 5.41) is 3.03. The maximum atomic E-state index is 14.8. The van der Waals surface area contributed by atoms with Crippen molar-refractivity contribution in [1.82, 2.24) is 0 Å². The molecule has 0 saturated carbocycles. The molecule has 42 heavy (non-hydrogen) atoms. The van der Waals surface area contributed by atoms with Gasteiger partial charge >= 0.3 is 0 Å². The monoisotopic (exact) mass is 558 g/mol. The lowest BCUT2D eigenvalue weighted by Crippen LogP contribution is -2.51. The second-order valence-corrected chi connectivity index (χ2v) is 11.0. The summed E-state index contributed by atoms with van der Waals surface area (Å²) in [6.07, 6.45) is 2.01. The Morgan fingerprint density at radius 1 is 0.881 bits per heavy atom. The van der Waals surface area contributed by atoms with Crippen LogP contribution in [-0.2, 0) is 10.2 Å². The van der Waals surface area contributed by atoms with E-state index in [0.29, 0.717) is 22.6 Å². The Balaban J connectivity index is 1.55. The van der Waals surface area contributed by atoms with Crippen molar-refractivity contribution in [1.29, 1.82) is 0 Å². The number of carbonyl (C=O) groups is 3. The molecule has 0 aliphatic carbocycles. The Morgan fingerprint density at radius 2 is 1.62 bits per heavy atom. The number of anilines is 2. The highest BCUT2D eigenvalue weighted by atomic mass is 19.1. The van der Waals surface area contributed by atoms with Gasteiger partial charge in [-0.05, 0) is 66.6 Å². The summed E-state index contributed by atoms with van der Waals surface area (Å²) in [6, 6.07) is 25.5. The number of ketones is 2. The van der Waals surface area contributed by atoms with E-state index in [-0.39, 0.29) is 17.3 Å². The Hall–Kier alpha value is -5.04. The molecule has 3 heterocycles. The smallest absolute Gasteiger partial charge is 0.238 e. The van der Waals surface area contributed by atoms with E-state index in [0.717, 1.165) is 16.8 Å². The van der Waals surface area contributed by atoms with Crippen molar-refractivity contribution in [3.05, 3.63) is 131 Å².